The number of fused-ring (bicyclic) bond motifs is 1. The summed E-state index contributed by atoms with van der Waals surface area (Å²) in [6, 6.07) is 10.6. The maximum atomic E-state index is 12.0. The van der Waals surface area contributed by atoms with Crippen LogP contribution in [0.3, 0.4) is 0 Å². The molecule has 1 aromatic carbocycles. The molecule has 3 fully saturated rings. The third-order valence-corrected chi connectivity index (χ3v) is 5.63. The van der Waals surface area contributed by atoms with Crippen LogP contribution in [0, 0.1) is 11.8 Å². The van der Waals surface area contributed by atoms with Crippen LogP contribution in [0.4, 0.5) is 4.79 Å². The van der Waals surface area contributed by atoms with Gasteiger partial charge in [0.05, 0.1) is 5.70 Å². The van der Waals surface area contributed by atoms with Crippen molar-refractivity contribution in [3.8, 4) is 0 Å². The van der Waals surface area contributed by atoms with Crippen molar-refractivity contribution in [3.63, 3.8) is 0 Å². The van der Waals surface area contributed by atoms with Gasteiger partial charge in [0.1, 0.15) is 0 Å². The van der Waals surface area contributed by atoms with Crippen molar-refractivity contribution in [2.45, 2.75) is 19.4 Å². The average Bonchev–Trinajstić information content (AvgIpc) is 3.31. The molecule has 7 nitrogen and oxygen atoms in total. The Morgan fingerprint density at radius 3 is 2.52 bits per heavy atom. The second-order valence-electron chi connectivity index (χ2n) is 7.59. The Kier molecular flexibility index (Phi) is 5.03. The molecule has 0 saturated carbocycles. The summed E-state index contributed by atoms with van der Waals surface area (Å²) in [6.07, 6.45) is 2.38. The maximum Gasteiger partial charge on any atom is 0.431 e. The largest absolute Gasteiger partial charge is 0.431 e. The lowest BCUT2D eigenvalue weighted by molar-refractivity contribution is -0.152. The molecular formula is C20H26N4O3. The van der Waals surface area contributed by atoms with Gasteiger partial charge in [-0.1, -0.05) is 30.3 Å². The second-order valence-corrected chi connectivity index (χ2v) is 7.59. The number of benzene rings is 1. The smallest absolute Gasteiger partial charge is 0.375 e. The molecule has 0 aliphatic carbocycles. The standard InChI is InChI=1S/C20H26N4O3/c1-21-20(26)27-24-18(7-8-19(24)25)14-23-12-16-10-22(11-17(16)13-23)9-15-5-3-2-4-6-15/h2-6,14,16-17H,7-13H2,1H3,(H,21,26)/b18-14-/t16-,17+. The van der Waals surface area contributed by atoms with E-state index in [1.807, 2.05) is 6.20 Å². The molecule has 1 aromatic rings. The van der Waals surface area contributed by atoms with Crippen molar-refractivity contribution in [2.24, 2.45) is 11.8 Å². The van der Waals surface area contributed by atoms with E-state index >= 15 is 0 Å². The zero-order valence-electron chi connectivity index (χ0n) is 15.6. The molecule has 2 amide bonds. The molecule has 3 saturated heterocycles. The molecule has 3 aliphatic heterocycles. The van der Waals surface area contributed by atoms with E-state index in [2.05, 4.69) is 45.4 Å². The minimum absolute atomic E-state index is 0.168. The summed E-state index contributed by atoms with van der Waals surface area (Å²) in [5, 5.41) is 3.53. The van der Waals surface area contributed by atoms with E-state index in [1.165, 1.54) is 12.6 Å². The van der Waals surface area contributed by atoms with Crippen molar-refractivity contribution in [1.82, 2.24) is 20.2 Å². The van der Waals surface area contributed by atoms with Crippen LogP contribution in [-0.2, 0) is 16.2 Å². The van der Waals surface area contributed by atoms with Gasteiger partial charge in [-0.2, -0.15) is 0 Å². The summed E-state index contributed by atoms with van der Waals surface area (Å²) in [6.45, 7) is 5.20. The fourth-order valence-electron chi connectivity index (χ4n) is 4.37. The van der Waals surface area contributed by atoms with Crippen molar-refractivity contribution in [1.29, 1.82) is 0 Å². The molecule has 0 aromatic heterocycles. The number of allylic oxidation sites excluding steroid dienone is 1. The fourth-order valence-corrected chi connectivity index (χ4v) is 4.37. The number of carbonyl (C=O) groups is 2. The van der Waals surface area contributed by atoms with Gasteiger partial charge in [-0.25, -0.2) is 4.79 Å². The molecule has 0 unspecified atom stereocenters. The van der Waals surface area contributed by atoms with Crippen molar-refractivity contribution >= 4 is 12.0 Å². The van der Waals surface area contributed by atoms with E-state index in [-0.39, 0.29) is 5.91 Å². The van der Waals surface area contributed by atoms with E-state index in [0.29, 0.717) is 24.7 Å². The molecule has 27 heavy (non-hydrogen) atoms. The molecule has 0 radical (unpaired) electrons. The molecular weight excluding hydrogens is 344 g/mol. The number of hydrogen-bond donors (Lipinski definition) is 1. The van der Waals surface area contributed by atoms with Crippen molar-refractivity contribution in [2.75, 3.05) is 33.2 Å². The normalized spacial score (nSPS) is 26.7. The SMILES string of the molecule is CNC(=O)ON1C(=O)CC/C1=C/N1C[C@@H]2CN(Cc3ccccc3)C[C@@H]2C1. The Morgan fingerprint density at radius 1 is 1.15 bits per heavy atom. The van der Waals surface area contributed by atoms with Gasteiger partial charge in [0, 0.05) is 58.8 Å². The fraction of sp³-hybridized carbons (Fsp3) is 0.500. The third-order valence-electron chi connectivity index (χ3n) is 5.63. The highest BCUT2D eigenvalue weighted by molar-refractivity contribution is 5.82. The maximum absolute atomic E-state index is 12.0. The minimum atomic E-state index is -0.619. The predicted molar refractivity (Wildman–Crippen MR) is 100.0 cm³/mol. The highest BCUT2D eigenvalue weighted by atomic mass is 16.7. The van der Waals surface area contributed by atoms with Gasteiger partial charge in [0.2, 0.25) is 0 Å². The summed E-state index contributed by atoms with van der Waals surface area (Å²) >= 11 is 0. The first kappa shape index (κ1) is 17.9. The molecule has 0 bridgehead atoms. The van der Waals surface area contributed by atoms with Gasteiger partial charge < -0.3 is 15.1 Å². The lowest BCUT2D eigenvalue weighted by Crippen LogP contribution is -2.33. The first-order valence-corrected chi connectivity index (χ1v) is 9.56. The summed E-state index contributed by atoms with van der Waals surface area (Å²) in [4.78, 5) is 33.4. The van der Waals surface area contributed by atoms with Crippen LogP contribution < -0.4 is 5.32 Å². The van der Waals surface area contributed by atoms with Gasteiger partial charge in [-0.05, 0) is 17.4 Å². The zero-order chi connectivity index (χ0) is 18.8. The number of carbonyl (C=O) groups excluding carboxylic acids is 2. The van der Waals surface area contributed by atoms with Crippen LogP contribution in [-0.4, -0.2) is 60.1 Å². The molecule has 2 atom stereocenters. The van der Waals surface area contributed by atoms with Gasteiger partial charge in [0.25, 0.3) is 5.91 Å². The number of rotatable bonds is 4. The summed E-state index contributed by atoms with van der Waals surface area (Å²) in [5.41, 5.74) is 2.13. The van der Waals surface area contributed by atoms with Crippen LogP contribution in [0.2, 0.25) is 0 Å². The molecule has 144 valence electrons. The van der Waals surface area contributed by atoms with Gasteiger partial charge in [-0.15, -0.1) is 5.06 Å². The van der Waals surface area contributed by atoms with Crippen LogP contribution in [0.15, 0.2) is 42.2 Å². The quantitative estimate of drug-likeness (QED) is 0.875. The Bertz CT molecular complexity index is 722. The average molecular weight is 370 g/mol. The molecule has 3 aliphatic rings. The number of likely N-dealkylation sites (tertiary alicyclic amines) is 2. The van der Waals surface area contributed by atoms with E-state index < -0.39 is 6.09 Å². The minimum Gasteiger partial charge on any atom is -0.375 e. The van der Waals surface area contributed by atoms with E-state index in [0.717, 1.165) is 43.5 Å². The van der Waals surface area contributed by atoms with E-state index in [1.54, 1.807) is 0 Å². The second kappa shape index (κ2) is 7.60. The molecule has 1 N–H and O–H groups in total. The summed E-state index contributed by atoms with van der Waals surface area (Å²) in [7, 11) is 1.48. The van der Waals surface area contributed by atoms with Gasteiger partial charge >= 0.3 is 6.09 Å². The van der Waals surface area contributed by atoms with Crippen molar-refractivity contribution < 1.29 is 14.4 Å². The Balaban J connectivity index is 1.34. The lowest BCUT2D eigenvalue weighted by atomic mass is 10.0. The Labute approximate surface area is 159 Å². The van der Waals surface area contributed by atoms with E-state index in [4.69, 9.17) is 4.84 Å². The van der Waals surface area contributed by atoms with Gasteiger partial charge in [0.15, 0.2) is 0 Å². The zero-order valence-corrected chi connectivity index (χ0v) is 15.6. The Hall–Kier alpha value is -2.54. The molecule has 7 heteroatoms. The number of nitrogens with one attached hydrogen (secondary N) is 1. The van der Waals surface area contributed by atoms with E-state index in [9.17, 15) is 9.59 Å². The number of hydrogen-bond acceptors (Lipinski definition) is 5. The summed E-state index contributed by atoms with van der Waals surface area (Å²) in [5.74, 6) is 1.13. The number of hydroxylamine groups is 2. The predicted octanol–water partition coefficient (Wildman–Crippen LogP) is 1.78. The number of amides is 2. The highest BCUT2D eigenvalue weighted by Crippen LogP contribution is 2.33. The third kappa shape index (κ3) is 3.93. The first-order valence-electron chi connectivity index (χ1n) is 9.56. The number of nitrogens with zero attached hydrogens (tertiary/aromatic N) is 3. The first-order chi connectivity index (χ1) is 13.1. The van der Waals surface area contributed by atoms with Crippen LogP contribution >= 0.6 is 0 Å². The molecule has 3 heterocycles. The van der Waals surface area contributed by atoms with Crippen LogP contribution in [0.1, 0.15) is 18.4 Å². The van der Waals surface area contributed by atoms with Crippen LogP contribution in [0.25, 0.3) is 0 Å². The topological polar surface area (TPSA) is 65.1 Å². The Morgan fingerprint density at radius 2 is 1.85 bits per heavy atom. The van der Waals surface area contributed by atoms with Crippen LogP contribution in [0.5, 0.6) is 0 Å². The highest BCUT2D eigenvalue weighted by Gasteiger charge is 2.40. The molecule has 0 spiro atoms. The lowest BCUT2D eigenvalue weighted by Gasteiger charge is -2.22. The van der Waals surface area contributed by atoms with Crippen molar-refractivity contribution in [3.05, 3.63) is 47.8 Å². The monoisotopic (exact) mass is 370 g/mol. The van der Waals surface area contributed by atoms with Gasteiger partial charge in [-0.3, -0.25) is 9.69 Å². The molecule has 4 rings (SSSR count). The summed E-state index contributed by atoms with van der Waals surface area (Å²) < 4.78 is 0.